The lowest BCUT2D eigenvalue weighted by atomic mass is 10.2. The Kier molecular flexibility index (Phi) is 3.16. The number of aryl methyl sites for hydroxylation is 1. The molecule has 1 aromatic carbocycles. The van der Waals surface area contributed by atoms with Crippen molar-refractivity contribution in [3.63, 3.8) is 0 Å². The molecule has 0 aromatic heterocycles. The van der Waals surface area contributed by atoms with Crippen molar-refractivity contribution in [2.75, 3.05) is 6.61 Å². The van der Waals surface area contributed by atoms with Gasteiger partial charge in [-0.1, -0.05) is 24.6 Å². The van der Waals surface area contributed by atoms with Gasteiger partial charge in [0.25, 0.3) is 10.1 Å². The molecule has 1 aromatic rings. The fraction of sp³-hybridized carbons (Fsp3) is 0.400. The Morgan fingerprint density at radius 2 is 2.00 bits per heavy atom. The van der Waals surface area contributed by atoms with E-state index in [-0.39, 0.29) is 18.4 Å². The number of rotatable bonds is 4. The summed E-state index contributed by atoms with van der Waals surface area (Å²) in [6.07, 6.45) is 0.422. The molecule has 0 aliphatic heterocycles. The fourth-order valence-corrected chi connectivity index (χ4v) is 1.88. The molecule has 0 N–H and O–H groups in total. The van der Waals surface area contributed by atoms with E-state index in [0.717, 1.165) is 5.56 Å². The predicted molar refractivity (Wildman–Crippen MR) is 54.6 cm³/mol. The highest BCUT2D eigenvalue weighted by Gasteiger charge is 2.13. The van der Waals surface area contributed by atoms with E-state index in [0.29, 0.717) is 6.42 Å². The lowest BCUT2D eigenvalue weighted by Crippen LogP contribution is -2.06. The second kappa shape index (κ2) is 4.57. The second-order valence-electron chi connectivity index (χ2n) is 2.94. The second-order valence-corrected chi connectivity index (χ2v) is 4.56. The molecular weight excluding hydrogens is 200 g/mol. The molecule has 14 heavy (non-hydrogen) atoms. The van der Waals surface area contributed by atoms with Gasteiger partial charge >= 0.3 is 0 Å². The van der Waals surface area contributed by atoms with Crippen molar-refractivity contribution < 1.29 is 14.0 Å². The highest BCUT2D eigenvalue weighted by molar-refractivity contribution is 7.86. The average Bonchev–Trinajstić information content (AvgIpc) is 2.18. The van der Waals surface area contributed by atoms with Gasteiger partial charge in [0, 0.05) is 1.37 Å². The van der Waals surface area contributed by atoms with Gasteiger partial charge in [-0.3, -0.25) is 4.18 Å². The van der Waals surface area contributed by atoms with E-state index in [1.165, 1.54) is 12.1 Å². The van der Waals surface area contributed by atoms with Crippen LogP contribution in [0.3, 0.4) is 0 Å². The molecule has 0 fully saturated rings. The Labute approximate surface area is 86.2 Å². The fourth-order valence-electron chi connectivity index (χ4n) is 0.942. The van der Waals surface area contributed by atoms with E-state index >= 15 is 0 Å². The first-order chi connectivity index (χ1) is 7.06. The van der Waals surface area contributed by atoms with E-state index in [9.17, 15) is 8.42 Å². The van der Waals surface area contributed by atoms with Crippen LogP contribution >= 0.6 is 0 Å². The minimum Gasteiger partial charge on any atom is -0.266 e. The van der Waals surface area contributed by atoms with Crippen molar-refractivity contribution in [1.82, 2.24) is 0 Å². The van der Waals surface area contributed by atoms with Crippen LogP contribution in [0.5, 0.6) is 0 Å². The summed E-state index contributed by atoms with van der Waals surface area (Å²) in [5, 5.41) is 0. The largest absolute Gasteiger partial charge is 0.296 e. The molecule has 0 aliphatic rings. The zero-order chi connectivity index (χ0) is 11.3. The number of hydrogen-bond acceptors (Lipinski definition) is 3. The number of benzene rings is 1. The van der Waals surface area contributed by atoms with E-state index in [1.807, 2.05) is 6.92 Å². The van der Waals surface area contributed by atoms with Gasteiger partial charge in [0.15, 0.2) is 0 Å². The Balaban J connectivity index is 2.73. The maximum absolute atomic E-state index is 11.5. The van der Waals surface area contributed by atoms with E-state index in [4.69, 9.17) is 5.55 Å². The molecule has 0 bridgehead atoms. The maximum Gasteiger partial charge on any atom is 0.296 e. The van der Waals surface area contributed by atoms with E-state index in [2.05, 4.69) is 0 Å². The molecular formula is C10H14O3S. The highest BCUT2D eigenvalue weighted by Crippen LogP contribution is 2.13. The third-order valence-electron chi connectivity index (χ3n) is 1.69. The normalized spacial score (nSPS) is 12.5. The Morgan fingerprint density at radius 3 is 2.57 bits per heavy atom. The van der Waals surface area contributed by atoms with E-state index in [1.54, 1.807) is 12.1 Å². The van der Waals surface area contributed by atoms with Crippen LogP contribution in [0.2, 0.25) is 0 Å². The average molecular weight is 215 g/mol. The Hall–Kier alpha value is -0.870. The van der Waals surface area contributed by atoms with Gasteiger partial charge < -0.3 is 0 Å². The zero-order valence-corrected chi connectivity index (χ0v) is 8.88. The van der Waals surface area contributed by atoms with Crippen LogP contribution in [0.15, 0.2) is 29.2 Å². The van der Waals surface area contributed by atoms with Gasteiger partial charge in [-0.15, -0.1) is 0 Å². The van der Waals surface area contributed by atoms with Crippen molar-refractivity contribution in [2.45, 2.75) is 25.1 Å². The van der Waals surface area contributed by atoms with Gasteiger partial charge in [-0.05, 0) is 25.5 Å². The summed E-state index contributed by atoms with van der Waals surface area (Å²) < 4.78 is 34.7. The minimum absolute atomic E-state index is 0.0692. The van der Waals surface area contributed by atoms with Gasteiger partial charge in [-0.2, -0.15) is 8.42 Å². The summed E-state index contributed by atoms with van der Waals surface area (Å²) in [5.41, 5.74) is 1.00. The SMILES string of the molecule is [2H]CCCOS(=O)(=O)c1ccc(C)cc1. The van der Waals surface area contributed by atoms with Crippen LogP contribution in [-0.2, 0) is 14.3 Å². The first-order valence-corrected chi connectivity index (χ1v) is 5.72. The lowest BCUT2D eigenvalue weighted by molar-refractivity contribution is 0.318. The van der Waals surface area contributed by atoms with Crippen LogP contribution in [0.25, 0.3) is 0 Å². The van der Waals surface area contributed by atoms with Crippen LogP contribution in [0, 0.1) is 6.92 Å². The molecule has 0 saturated carbocycles. The molecule has 1 rings (SSSR count). The van der Waals surface area contributed by atoms with Crippen molar-refractivity contribution in [1.29, 1.82) is 0 Å². The summed E-state index contributed by atoms with van der Waals surface area (Å²) in [5.74, 6) is 0. The summed E-state index contributed by atoms with van der Waals surface area (Å²) in [7, 11) is -3.63. The molecule has 0 heterocycles. The number of hydrogen-bond donors (Lipinski definition) is 0. The third-order valence-corrected chi connectivity index (χ3v) is 3.02. The molecule has 4 heteroatoms. The first kappa shape index (κ1) is 9.68. The van der Waals surface area contributed by atoms with Crippen LogP contribution < -0.4 is 0 Å². The predicted octanol–water partition coefficient (Wildman–Crippen LogP) is 2.11. The van der Waals surface area contributed by atoms with Crippen LogP contribution in [-0.4, -0.2) is 15.0 Å². The molecule has 0 saturated heterocycles. The Bertz CT molecular complexity index is 397. The standard InChI is InChI=1S/C10H14O3S/c1-3-8-13-14(11,12)10-6-4-9(2)5-7-10/h4-7H,3,8H2,1-2H3/i1D. The molecule has 78 valence electrons. The summed E-state index contributed by atoms with van der Waals surface area (Å²) in [6, 6.07) is 6.48. The summed E-state index contributed by atoms with van der Waals surface area (Å²) >= 11 is 0. The topological polar surface area (TPSA) is 43.4 Å². The van der Waals surface area contributed by atoms with Gasteiger partial charge in [0.1, 0.15) is 0 Å². The molecule has 0 radical (unpaired) electrons. The van der Waals surface area contributed by atoms with Crippen molar-refractivity contribution in [3.05, 3.63) is 29.8 Å². The molecule has 0 aliphatic carbocycles. The molecule has 0 spiro atoms. The molecule has 0 atom stereocenters. The molecule has 0 amide bonds. The van der Waals surface area contributed by atoms with Crippen molar-refractivity contribution in [3.8, 4) is 0 Å². The summed E-state index contributed by atoms with van der Waals surface area (Å²) in [4.78, 5) is 0.165. The monoisotopic (exact) mass is 215 g/mol. The minimum atomic E-state index is -3.63. The molecule has 0 unspecified atom stereocenters. The van der Waals surface area contributed by atoms with Crippen LogP contribution in [0.4, 0.5) is 0 Å². The lowest BCUT2D eigenvalue weighted by Gasteiger charge is -2.04. The van der Waals surface area contributed by atoms with Gasteiger partial charge in [0.2, 0.25) is 0 Å². The van der Waals surface area contributed by atoms with Gasteiger partial charge in [0.05, 0.1) is 11.5 Å². The third kappa shape index (κ3) is 2.82. The summed E-state index contributed by atoms with van der Waals surface area (Å²) in [6.45, 7) is 2.13. The van der Waals surface area contributed by atoms with Crippen LogP contribution in [0.1, 0.15) is 20.3 Å². The maximum atomic E-state index is 11.5. The Morgan fingerprint density at radius 1 is 1.36 bits per heavy atom. The van der Waals surface area contributed by atoms with E-state index < -0.39 is 10.1 Å². The van der Waals surface area contributed by atoms with Crippen molar-refractivity contribution in [2.24, 2.45) is 0 Å². The van der Waals surface area contributed by atoms with Crippen molar-refractivity contribution >= 4 is 10.1 Å². The van der Waals surface area contributed by atoms with Gasteiger partial charge in [-0.25, -0.2) is 0 Å². The first-order valence-electron chi connectivity index (χ1n) is 5.02. The quantitative estimate of drug-likeness (QED) is 0.570. The zero-order valence-electron chi connectivity index (χ0n) is 9.06. The highest BCUT2D eigenvalue weighted by atomic mass is 32.2. The smallest absolute Gasteiger partial charge is 0.266 e. The molecule has 3 nitrogen and oxygen atoms in total.